The Morgan fingerprint density at radius 3 is 2.44 bits per heavy atom. The Hall–Kier alpha value is -3.21. The van der Waals surface area contributed by atoms with Gasteiger partial charge in [0.15, 0.2) is 5.78 Å². The Kier molecular flexibility index (Phi) is 5.64. The lowest BCUT2D eigenvalue weighted by atomic mass is 9.72. The minimum atomic E-state index is -0.424. The zero-order chi connectivity index (χ0) is 22.1. The van der Waals surface area contributed by atoms with E-state index in [0.29, 0.717) is 17.6 Å². The summed E-state index contributed by atoms with van der Waals surface area (Å²) in [4.78, 5) is 31.0. The standard InChI is InChI=1S/C27H28N2O3/c1-17-24(27(31)32-21-9-5-6-10-21)25(19-11-13-28-14-12-19)26-22(29-17)15-20(16-23(26)30)18-7-3-2-4-8-18/h2-4,7-8,11-14,20-21,25,29H,5-6,9-10,15-16H2,1H3. The lowest BCUT2D eigenvalue weighted by molar-refractivity contribution is -0.144. The molecule has 5 rings (SSSR count). The Bertz CT molecular complexity index is 1080. The monoisotopic (exact) mass is 428 g/mol. The molecule has 0 radical (unpaired) electrons. The molecular weight excluding hydrogens is 400 g/mol. The number of rotatable bonds is 4. The molecule has 0 spiro atoms. The van der Waals surface area contributed by atoms with Gasteiger partial charge in [0.25, 0.3) is 0 Å². The number of hydrogen-bond acceptors (Lipinski definition) is 5. The Morgan fingerprint density at radius 2 is 1.72 bits per heavy atom. The third-order valence-electron chi connectivity index (χ3n) is 6.93. The number of dihydropyridines is 1. The van der Waals surface area contributed by atoms with E-state index < -0.39 is 5.92 Å². The number of nitrogens with zero attached hydrogens (tertiary/aromatic N) is 1. The molecule has 1 aromatic heterocycles. The molecule has 0 amide bonds. The second-order valence-electron chi connectivity index (χ2n) is 9.02. The van der Waals surface area contributed by atoms with E-state index in [0.717, 1.165) is 49.1 Å². The number of aromatic nitrogens is 1. The first-order valence-electron chi connectivity index (χ1n) is 11.5. The SMILES string of the molecule is CC1=C(C(=O)OC2CCCC2)C(c2ccncc2)C2=C(CC(c3ccccc3)CC2=O)N1. The maximum atomic E-state index is 13.5. The molecule has 1 saturated carbocycles. The van der Waals surface area contributed by atoms with E-state index in [1.165, 1.54) is 5.56 Å². The van der Waals surface area contributed by atoms with E-state index in [9.17, 15) is 9.59 Å². The van der Waals surface area contributed by atoms with Crippen LogP contribution in [0.3, 0.4) is 0 Å². The van der Waals surface area contributed by atoms with Gasteiger partial charge in [0.1, 0.15) is 6.10 Å². The molecule has 2 heterocycles. The number of benzene rings is 1. The van der Waals surface area contributed by atoms with Crippen molar-refractivity contribution in [3.05, 3.63) is 88.5 Å². The first-order chi connectivity index (χ1) is 15.6. The summed E-state index contributed by atoms with van der Waals surface area (Å²) < 4.78 is 5.89. The number of carbonyl (C=O) groups is 2. The molecule has 0 saturated heterocycles. The maximum absolute atomic E-state index is 13.5. The van der Waals surface area contributed by atoms with E-state index >= 15 is 0 Å². The first-order valence-corrected chi connectivity index (χ1v) is 11.5. The van der Waals surface area contributed by atoms with Crippen molar-refractivity contribution < 1.29 is 14.3 Å². The van der Waals surface area contributed by atoms with Gasteiger partial charge < -0.3 is 10.1 Å². The smallest absolute Gasteiger partial charge is 0.337 e. The third-order valence-corrected chi connectivity index (χ3v) is 6.93. The fraction of sp³-hybridized carbons (Fsp3) is 0.370. The Morgan fingerprint density at radius 1 is 1.00 bits per heavy atom. The van der Waals surface area contributed by atoms with Crippen LogP contribution >= 0.6 is 0 Å². The van der Waals surface area contributed by atoms with E-state index in [4.69, 9.17) is 4.74 Å². The van der Waals surface area contributed by atoms with Gasteiger partial charge in [-0.25, -0.2) is 4.79 Å². The van der Waals surface area contributed by atoms with Gasteiger partial charge >= 0.3 is 5.97 Å². The van der Waals surface area contributed by atoms with Crippen LogP contribution in [0.2, 0.25) is 0 Å². The summed E-state index contributed by atoms with van der Waals surface area (Å²) in [6, 6.07) is 14.0. The predicted molar refractivity (Wildman–Crippen MR) is 122 cm³/mol. The molecular formula is C27H28N2O3. The topological polar surface area (TPSA) is 68.3 Å². The molecule has 32 heavy (non-hydrogen) atoms. The molecule has 2 aromatic rings. The van der Waals surface area contributed by atoms with Crippen LogP contribution in [0.15, 0.2) is 77.4 Å². The van der Waals surface area contributed by atoms with Crippen molar-refractivity contribution in [1.82, 2.24) is 10.3 Å². The summed E-state index contributed by atoms with van der Waals surface area (Å²) in [5, 5.41) is 3.43. The highest BCUT2D eigenvalue weighted by atomic mass is 16.5. The average molecular weight is 429 g/mol. The average Bonchev–Trinajstić information content (AvgIpc) is 3.32. The van der Waals surface area contributed by atoms with E-state index in [-0.39, 0.29) is 23.8 Å². The van der Waals surface area contributed by atoms with Crippen LogP contribution in [0.5, 0.6) is 0 Å². The van der Waals surface area contributed by atoms with Crippen LogP contribution in [0.1, 0.15) is 68.4 Å². The lowest BCUT2D eigenvalue weighted by Gasteiger charge is -2.37. The largest absolute Gasteiger partial charge is 0.459 e. The molecule has 2 aliphatic carbocycles. The highest BCUT2D eigenvalue weighted by molar-refractivity contribution is 6.04. The number of esters is 1. The summed E-state index contributed by atoms with van der Waals surface area (Å²) in [6.45, 7) is 1.92. The minimum Gasteiger partial charge on any atom is -0.459 e. The second-order valence-corrected chi connectivity index (χ2v) is 9.02. The number of pyridine rings is 1. The third kappa shape index (κ3) is 3.88. The molecule has 2 atom stereocenters. The molecule has 164 valence electrons. The van der Waals surface area contributed by atoms with Crippen LogP contribution in [0.4, 0.5) is 0 Å². The minimum absolute atomic E-state index is 0.0271. The van der Waals surface area contributed by atoms with Crippen molar-refractivity contribution >= 4 is 11.8 Å². The molecule has 5 heteroatoms. The number of Topliss-reactive ketones (excluding diaryl/α,β-unsaturated/α-hetero) is 1. The van der Waals surface area contributed by atoms with Crippen LogP contribution in [0, 0.1) is 0 Å². The predicted octanol–water partition coefficient (Wildman–Crippen LogP) is 4.93. The fourth-order valence-corrected chi connectivity index (χ4v) is 5.38. The number of ketones is 1. The first kappa shape index (κ1) is 20.7. The zero-order valence-corrected chi connectivity index (χ0v) is 18.3. The summed E-state index contributed by atoms with van der Waals surface area (Å²) in [6.07, 6.45) is 8.60. The molecule has 2 unspecified atom stereocenters. The zero-order valence-electron chi connectivity index (χ0n) is 18.3. The van der Waals surface area contributed by atoms with Gasteiger partial charge in [-0.1, -0.05) is 30.3 Å². The molecule has 0 bridgehead atoms. The Balaban J connectivity index is 1.53. The molecule has 1 aliphatic heterocycles. The summed E-state index contributed by atoms with van der Waals surface area (Å²) in [5.74, 6) is -0.512. The number of allylic oxidation sites excluding steroid dienone is 3. The van der Waals surface area contributed by atoms with Crippen LogP contribution in [-0.2, 0) is 14.3 Å². The normalized spacial score (nSPS) is 23.7. The number of ether oxygens (including phenoxy) is 1. The van der Waals surface area contributed by atoms with Gasteiger partial charge in [-0.2, -0.15) is 0 Å². The summed E-state index contributed by atoms with van der Waals surface area (Å²) in [7, 11) is 0. The highest BCUT2D eigenvalue weighted by Crippen LogP contribution is 2.45. The van der Waals surface area contributed by atoms with Crippen molar-refractivity contribution in [3.8, 4) is 0 Å². The van der Waals surface area contributed by atoms with Crippen molar-refractivity contribution in [2.75, 3.05) is 0 Å². The van der Waals surface area contributed by atoms with Gasteiger partial charge in [-0.15, -0.1) is 0 Å². The quantitative estimate of drug-likeness (QED) is 0.700. The van der Waals surface area contributed by atoms with Crippen molar-refractivity contribution in [2.45, 2.75) is 63.4 Å². The lowest BCUT2D eigenvalue weighted by Crippen LogP contribution is -2.36. The van der Waals surface area contributed by atoms with E-state index in [1.54, 1.807) is 12.4 Å². The van der Waals surface area contributed by atoms with Crippen LogP contribution in [0.25, 0.3) is 0 Å². The highest BCUT2D eigenvalue weighted by Gasteiger charge is 2.41. The van der Waals surface area contributed by atoms with Gasteiger partial charge in [0, 0.05) is 41.7 Å². The summed E-state index contributed by atoms with van der Waals surface area (Å²) >= 11 is 0. The van der Waals surface area contributed by atoms with E-state index in [2.05, 4.69) is 22.4 Å². The molecule has 5 nitrogen and oxygen atoms in total. The van der Waals surface area contributed by atoms with Crippen LogP contribution < -0.4 is 5.32 Å². The summed E-state index contributed by atoms with van der Waals surface area (Å²) in [5.41, 5.74) is 5.02. The number of hydrogen-bond donors (Lipinski definition) is 1. The Labute approximate surface area is 188 Å². The molecule has 3 aliphatic rings. The molecule has 1 N–H and O–H groups in total. The van der Waals surface area contributed by atoms with Gasteiger partial charge in [0.2, 0.25) is 0 Å². The van der Waals surface area contributed by atoms with Gasteiger partial charge in [-0.05, 0) is 68.2 Å². The fourth-order valence-electron chi connectivity index (χ4n) is 5.38. The second kappa shape index (κ2) is 8.73. The van der Waals surface area contributed by atoms with Crippen molar-refractivity contribution in [3.63, 3.8) is 0 Å². The van der Waals surface area contributed by atoms with Crippen LogP contribution in [-0.4, -0.2) is 22.8 Å². The molecule has 1 aromatic carbocycles. The maximum Gasteiger partial charge on any atom is 0.337 e. The van der Waals surface area contributed by atoms with Crippen molar-refractivity contribution in [2.24, 2.45) is 0 Å². The number of carbonyl (C=O) groups excluding carboxylic acids is 2. The van der Waals surface area contributed by atoms with Gasteiger partial charge in [-0.3, -0.25) is 9.78 Å². The van der Waals surface area contributed by atoms with Crippen molar-refractivity contribution in [1.29, 1.82) is 0 Å². The van der Waals surface area contributed by atoms with Gasteiger partial charge in [0.05, 0.1) is 5.57 Å². The molecule has 1 fully saturated rings. The van der Waals surface area contributed by atoms with E-state index in [1.807, 2.05) is 37.3 Å². The number of nitrogens with one attached hydrogen (secondary N) is 1.